The standard InChI is InChI=1S/C14H14ClF3N2O2/c1-2-3-11-8-13(22,14(16,17)18)20(19-11)12(21)9-4-6-10(15)7-5-9/h4-7,22H,2-3,8H2,1H3/t13-/m1/s1. The number of rotatable bonds is 3. The third-order valence-corrected chi connectivity index (χ3v) is 3.57. The second-order valence-corrected chi connectivity index (χ2v) is 5.47. The molecule has 1 atom stereocenters. The first-order valence-electron chi connectivity index (χ1n) is 6.64. The zero-order valence-electron chi connectivity index (χ0n) is 11.7. The molecule has 0 aromatic heterocycles. The van der Waals surface area contributed by atoms with Crippen molar-refractivity contribution in [1.82, 2.24) is 5.01 Å². The van der Waals surface area contributed by atoms with Gasteiger partial charge in [-0.25, -0.2) is 0 Å². The summed E-state index contributed by atoms with van der Waals surface area (Å²) in [6.45, 7) is 1.78. The minimum Gasteiger partial charge on any atom is -0.362 e. The summed E-state index contributed by atoms with van der Waals surface area (Å²) in [5.41, 5.74) is -3.20. The minimum absolute atomic E-state index is 0.0337. The van der Waals surface area contributed by atoms with Crippen LogP contribution in [0.15, 0.2) is 29.4 Å². The smallest absolute Gasteiger partial charge is 0.362 e. The van der Waals surface area contributed by atoms with Gasteiger partial charge in [-0.1, -0.05) is 24.9 Å². The van der Waals surface area contributed by atoms with Crippen molar-refractivity contribution in [3.05, 3.63) is 34.9 Å². The summed E-state index contributed by atoms with van der Waals surface area (Å²) in [6.07, 6.45) is -4.89. The van der Waals surface area contributed by atoms with Crippen molar-refractivity contribution in [3.63, 3.8) is 0 Å². The zero-order valence-corrected chi connectivity index (χ0v) is 12.4. The fourth-order valence-electron chi connectivity index (χ4n) is 2.19. The van der Waals surface area contributed by atoms with Crippen LogP contribution in [0.25, 0.3) is 0 Å². The highest BCUT2D eigenvalue weighted by atomic mass is 35.5. The predicted molar refractivity (Wildman–Crippen MR) is 75.6 cm³/mol. The predicted octanol–water partition coefficient (Wildman–Crippen LogP) is 3.59. The molecule has 4 nitrogen and oxygen atoms in total. The second kappa shape index (κ2) is 5.89. The highest BCUT2D eigenvalue weighted by molar-refractivity contribution is 6.30. The summed E-state index contributed by atoms with van der Waals surface area (Å²) in [4.78, 5) is 12.3. The Balaban J connectivity index is 2.39. The van der Waals surface area contributed by atoms with E-state index in [1.54, 1.807) is 6.92 Å². The van der Waals surface area contributed by atoms with Gasteiger partial charge >= 0.3 is 6.18 Å². The minimum atomic E-state index is -5.01. The van der Waals surface area contributed by atoms with Gasteiger partial charge in [-0.2, -0.15) is 23.3 Å². The largest absolute Gasteiger partial charge is 0.438 e. The van der Waals surface area contributed by atoms with Crippen LogP contribution < -0.4 is 0 Å². The molecule has 0 radical (unpaired) electrons. The molecule has 120 valence electrons. The van der Waals surface area contributed by atoms with E-state index in [9.17, 15) is 23.1 Å². The average Bonchev–Trinajstić information content (AvgIpc) is 2.77. The van der Waals surface area contributed by atoms with E-state index < -0.39 is 24.2 Å². The molecule has 1 heterocycles. The summed E-state index contributed by atoms with van der Waals surface area (Å²) < 4.78 is 39.6. The number of carbonyl (C=O) groups excluding carboxylic acids is 1. The molecule has 2 rings (SSSR count). The van der Waals surface area contributed by atoms with Gasteiger partial charge in [-0.15, -0.1) is 0 Å². The van der Waals surface area contributed by atoms with Crippen molar-refractivity contribution >= 4 is 23.2 Å². The first-order valence-corrected chi connectivity index (χ1v) is 7.02. The van der Waals surface area contributed by atoms with Crippen LogP contribution in [-0.2, 0) is 0 Å². The number of hydrazone groups is 1. The SMILES string of the molecule is CCCC1=NN(C(=O)c2ccc(Cl)cc2)[C@](O)(C(F)(F)F)C1. The van der Waals surface area contributed by atoms with Gasteiger partial charge in [0.2, 0.25) is 0 Å². The van der Waals surface area contributed by atoms with Crippen LogP contribution in [0, 0.1) is 0 Å². The Hall–Kier alpha value is -1.60. The molecule has 1 N–H and O–H groups in total. The van der Waals surface area contributed by atoms with Gasteiger partial charge in [0, 0.05) is 22.7 Å². The molecule has 0 aliphatic carbocycles. The Kier molecular flexibility index (Phi) is 4.49. The van der Waals surface area contributed by atoms with E-state index in [4.69, 9.17) is 11.6 Å². The van der Waals surface area contributed by atoms with E-state index >= 15 is 0 Å². The van der Waals surface area contributed by atoms with E-state index in [0.717, 1.165) is 0 Å². The molecule has 0 fully saturated rings. The third kappa shape index (κ3) is 2.96. The first-order chi connectivity index (χ1) is 10.2. The molecule has 0 unspecified atom stereocenters. The number of nitrogens with zero attached hydrogens (tertiary/aromatic N) is 2. The lowest BCUT2D eigenvalue weighted by atomic mass is 10.0. The summed E-state index contributed by atoms with van der Waals surface area (Å²) in [7, 11) is 0. The van der Waals surface area contributed by atoms with Gasteiger partial charge in [-0.05, 0) is 30.7 Å². The van der Waals surface area contributed by atoms with E-state index in [0.29, 0.717) is 11.4 Å². The number of alkyl halides is 3. The number of aliphatic hydroxyl groups is 1. The third-order valence-electron chi connectivity index (χ3n) is 3.32. The molecule has 8 heteroatoms. The number of carbonyl (C=O) groups is 1. The second-order valence-electron chi connectivity index (χ2n) is 5.03. The van der Waals surface area contributed by atoms with Crippen LogP contribution in [0.3, 0.4) is 0 Å². The van der Waals surface area contributed by atoms with Crippen molar-refractivity contribution in [2.75, 3.05) is 0 Å². The topological polar surface area (TPSA) is 52.9 Å². The molecular weight excluding hydrogens is 321 g/mol. The molecule has 1 aromatic rings. The van der Waals surface area contributed by atoms with Gasteiger partial charge < -0.3 is 5.11 Å². The fourth-order valence-corrected chi connectivity index (χ4v) is 2.32. The highest BCUT2D eigenvalue weighted by Crippen LogP contribution is 2.41. The normalized spacial score (nSPS) is 21.9. The van der Waals surface area contributed by atoms with Crippen LogP contribution >= 0.6 is 11.6 Å². The fraction of sp³-hybridized carbons (Fsp3) is 0.429. The van der Waals surface area contributed by atoms with Gasteiger partial charge in [-0.3, -0.25) is 4.79 Å². The molecule has 0 bridgehead atoms. The number of amides is 1. The molecule has 1 aliphatic rings. The summed E-state index contributed by atoms with van der Waals surface area (Å²) in [5, 5.41) is 14.2. The van der Waals surface area contributed by atoms with E-state index in [2.05, 4.69) is 5.10 Å². The Morgan fingerprint density at radius 3 is 2.50 bits per heavy atom. The maximum absolute atomic E-state index is 13.2. The molecule has 1 amide bonds. The quantitative estimate of drug-likeness (QED) is 0.918. The molecule has 0 spiro atoms. The average molecular weight is 335 g/mol. The van der Waals surface area contributed by atoms with Crippen LogP contribution in [-0.4, -0.2) is 33.6 Å². The van der Waals surface area contributed by atoms with Gasteiger partial charge in [0.15, 0.2) is 0 Å². The number of halogens is 4. The maximum Gasteiger partial charge on any atom is 0.438 e. The number of hydrogen-bond acceptors (Lipinski definition) is 3. The highest BCUT2D eigenvalue weighted by Gasteiger charge is 2.63. The van der Waals surface area contributed by atoms with Gasteiger partial charge in [0.1, 0.15) is 0 Å². The summed E-state index contributed by atoms with van der Waals surface area (Å²) >= 11 is 5.69. The molecule has 0 saturated carbocycles. The lowest BCUT2D eigenvalue weighted by Crippen LogP contribution is -2.56. The van der Waals surface area contributed by atoms with Crippen LogP contribution in [0.4, 0.5) is 13.2 Å². The van der Waals surface area contributed by atoms with Crippen molar-refractivity contribution in [2.45, 2.75) is 38.1 Å². The number of benzene rings is 1. The van der Waals surface area contributed by atoms with Crippen molar-refractivity contribution in [3.8, 4) is 0 Å². The zero-order chi connectivity index (χ0) is 16.5. The molecule has 22 heavy (non-hydrogen) atoms. The molecule has 0 saturated heterocycles. The van der Waals surface area contributed by atoms with E-state index in [1.807, 2.05) is 0 Å². The Bertz CT molecular complexity index is 601. The van der Waals surface area contributed by atoms with Gasteiger partial charge in [0.25, 0.3) is 11.6 Å². The lowest BCUT2D eigenvalue weighted by molar-refractivity contribution is -0.297. The summed E-state index contributed by atoms with van der Waals surface area (Å²) in [5.74, 6) is -1.03. The lowest BCUT2D eigenvalue weighted by Gasteiger charge is -2.32. The van der Waals surface area contributed by atoms with E-state index in [1.165, 1.54) is 24.3 Å². The monoisotopic (exact) mass is 334 g/mol. The Morgan fingerprint density at radius 1 is 1.41 bits per heavy atom. The van der Waals surface area contributed by atoms with E-state index in [-0.39, 0.29) is 22.7 Å². The van der Waals surface area contributed by atoms with Gasteiger partial charge in [0.05, 0.1) is 0 Å². The Morgan fingerprint density at radius 2 is 2.00 bits per heavy atom. The number of hydrogen-bond donors (Lipinski definition) is 1. The first kappa shape index (κ1) is 16.8. The van der Waals surface area contributed by atoms with Crippen molar-refractivity contribution in [1.29, 1.82) is 0 Å². The maximum atomic E-state index is 13.2. The molecule has 1 aromatic carbocycles. The Labute approximate surface area is 130 Å². The molecule has 1 aliphatic heterocycles. The van der Waals surface area contributed by atoms with Crippen molar-refractivity contribution in [2.24, 2.45) is 5.10 Å². The molecular formula is C14H14ClF3N2O2. The van der Waals surface area contributed by atoms with Crippen LogP contribution in [0.5, 0.6) is 0 Å². The summed E-state index contributed by atoms with van der Waals surface area (Å²) in [6, 6.07) is 5.34. The van der Waals surface area contributed by atoms with Crippen molar-refractivity contribution < 1.29 is 23.1 Å². The van der Waals surface area contributed by atoms with Crippen LogP contribution in [0.1, 0.15) is 36.5 Å². The van der Waals surface area contributed by atoms with Crippen LogP contribution in [0.2, 0.25) is 5.02 Å².